The minimum absolute atomic E-state index is 0.804. The van der Waals surface area contributed by atoms with Crippen LogP contribution >= 0.6 is 0 Å². The third-order valence-corrected chi connectivity index (χ3v) is 7.31. The molecule has 0 atom stereocenters. The van der Waals surface area contributed by atoms with Crippen LogP contribution in [0, 0.1) is 6.92 Å². The van der Waals surface area contributed by atoms with Gasteiger partial charge in [-0.2, -0.15) is 0 Å². The molecule has 1 aliphatic rings. The standard InChI is InChI=1S/C37H44.C2H6/c1-9-11-12-14-28(6)37-25-35(19-17-29(37)7)34-20-18-32(23-34)24-36(26(3)4)30(8)21-31-15-13-16-33(22-31)27(5)10-2;1-2/h13,15-20,22,24-25H,3,5-6,8-12,14,21,23H2,1-2,4,7H3;1-2H3/b36-24-;. The zero-order chi connectivity index (χ0) is 28.9. The maximum atomic E-state index is 4.45. The molecule has 0 nitrogen and oxygen atoms in total. The zero-order valence-electron chi connectivity index (χ0n) is 25.6. The van der Waals surface area contributed by atoms with Crippen molar-refractivity contribution < 1.29 is 0 Å². The van der Waals surface area contributed by atoms with Gasteiger partial charge in [0.2, 0.25) is 0 Å². The van der Waals surface area contributed by atoms with Crippen LogP contribution in [0.3, 0.4) is 0 Å². The lowest BCUT2D eigenvalue weighted by Crippen LogP contribution is -1.97. The van der Waals surface area contributed by atoms with Gasteiger partial charge in [-0.25, -0.2) is 0 Å². The second-order valence-electron chi connectivity index (χ2n) is 10.5. The average Bonchev–Trinajstić information content (AvgIpc) is 3.41. The predicted molar refractivity (Wildman–Crippen MR) is 178 cm³/mol. The van der Waals surface area contributed by atoms with Crippen molar-refractivity contribution in [2.24, 2.45) is 0 Å². The number of benzene rings is 2. The summed E-state index contributed by atoms with van der Waals surface area (Å²) in [5, 5.41) is 0. The van der Waals surface area contributed by atoms with Gasteiger partial charge in [-0.15, -0.1) is 0 Å². The molecule has 1 aliphatic carbocycles. The molecule has 0 heteroatoms. The molecule has 0 fully saturated rings. The molecule has 39 heavy (non-hydrogen) atoms. The summed E-state index contributed by atoms with van der Waals surface area (Å²) in [4.78, 5) is 0. The lowest BCUT2D eigenvalue weighted by Gasteiger charge is -2.14. The van der Waals surface area contributed by atoms with Crippen LogP contribution in [-0.4, -0.2) is 0 Å². The third kappa shape index (κ3) is 9.10. The summed E-state index contributed by atoms with van der Waals surface area (Å²) in [5.41, 5.74) is 14.8. The van der Waals surface area contributed by atoms with E-state index in [1.165, 1.54) is 69.4 Å². The van der Waals surface area contributed by atoms with Crippen LogP contribution in [0.2, 0.25) is 0 Å². The second kappa shape index (κ2) is 15.9. The molecule has 0 spiro atoms. The van der Waals surface area contributed by atoms with E-state index in [4.69, 9.17) is 0 Å². The lowest BCUT2D eigenvalue weighted by atomic mass is 9.90. The van der Waals surface area contributed by atoms with Crippen LogP contribution in [0.15, 0.2) is 109 Å². The molecule has 0 heterocycles. The lowest BCUT2D eigenvalue weighted by molar-refractivity contribution is 0.735. The molecule has 2 aromatic carbocycles. The fraction of sp³-hybridized carbons (Fsp3) is 0.333. The van der Waals surface area contributed by atoms with Gasteiger partial charge in [0.05, 0.1) is 0 Å². The van der Waals surface area contributed by atoms with Crippen molar-refractivity contribution in [3.8, 4) is 0 Å². The summed E-state index contributed by atoms with van der Waals surface area (Å²) >= 11 is 0. The van der Waals surface area contributed by atoms with Crippen molar-refractivity contribution in [3.63, 3.8) is 0 Å². The second-order valence-corrected chi connectivity index (χ2v) is 10.5. The van der Waals surface area contributed by atoms with E-state index >= 15 is 0 Å². The highest BCUT2D eigenvalue weighted by Gasteiger charge is 2.14. The largest absolute Gasteiger partial charge is 0.0955 e. The molecule has 0 saturated heterocycles. The Balaban J connectivity index is 0.00000260. The Bertz CT molecular complexity index is 1290. The van der Waals surface area contributed by atoms with Crippen LogP contribution in [0.5, 0.6) is 0 Å². The molecular weight excluding hydrogens is 468 g/mol. The molecule has 206 valence electrons. The van der Waals surface area contributed by atoms with Crippen LogP contribution in [0.1, 0.15) is 101 Å². The van der Waals surface area contributed by atoms with Gasteiger partial charge in [0.25, 0.3) is 0 Å². The number of hydrogen-bond acceptors (Lipinski definition) is 0. The highest BCUT2D eigenvalue weighted by Crippen LogP contribution is 2.34. The number of allylic oxidation sites excluding steroid dienone is 10. The molecule has 0 amide bonds. The van der Waals surface area contributed by atoms with Crippen molar-refractivity contribution in [3.05, 3.63) is 137 Å². The molecular formula is C39H50. The summed E-state index contributed by atoms with van der Waals surface area (Å²) < 4.78 is 0. The van der Waals surface area contributed by atoms with Crippen LogP contribution in [0.25, 0.3) is 16.7 Å². The highest BCUT2D eigenvalue weighted by molar-refractivity contribution is 5.77. The van der Waals surface area contributed by atoms with E-state index in [0.717, 1.165) is 42.4 Å². The quantitative estimate of drug-likeness (QED) is 0.183. The molecule has 0 aliphatic heterocycles. The van der Waals surface area contributed by atoms with Gasteiger partial charge in [0, 0.05) is 0 Å². The predicted octanol–water partition coefficient (Wildman–Crippen LogP) is 12.1. The van der Waals surface area contributed by atoms with Crippen LogP contribution in [-0.2, 0) is 6.42 Å². The first-order valence-electron chi connectivity index (χ1n) is 14.7. The van der Waals surface area contributed by atoms with Gasteiger partial charge in [-0.1, -0.05) is 127 Å². The normalized spacial score (nSPS) is 12.7. The van der Waals surface area contributed by atoms with Gasteiger partial charge in [-0.05, 0) is 113 Å². The summed E-state index contributed by atoms with van der Waals surface area (Å²) in [6, 6.07) is 15.5. The Morgan fingerprint density at radius 3 is 2.31 bits per heavy atom. The molecule has 0 N–H and O–H groups in total. The minimum atomic E-state index is 0.804. The van der Waals surface area contributed by atoms with Gasteiger partial charge in [-0.3, -0.25) is 0 Å². The maximum Gasteiger partial charge on any atom is -0.00196 e. The van der Waals surface area contributed by atoms with Gasteiger partial charge in [0.15, 0.2) is 0 Å². The fourth-order valence-electron chi connectivity index (χ4n) is 4.93. The molecule has 0 aromatic heterocycles. The highest BCUT2D eigenvalue weighted by atomic mass is 14.2. The average molecular weight is 519 g/mol. The first-order valence-corrected chi connectivity index (χ1v) is 14.7. The topological polar surface area (TPSA) is 0 Å². The minimum Gasteiger partial charge on any atom is -0.0955 e. The Morgan fingerprint density at radius 2 is 1.64 bits per heavy atom. The smallest absolute Gasteiger partial charge is 0.00196 e. The summed E-state index contributed by atoms with van der Waals surface area (Å²) in [5.74, 6) is 0. The third-order valence-electron chi connectivity index (χ3n) is 7.31. The van der Waals surface area contributed by atoms with Crippen molar-refractivity contribution in [1.29, 1.82) is 0 Å². The van der Waals surface area contributed by atoms with Crippen LogP contribution < -0.4 is 0 Å². The molecule has 0 radical (unpaired) electrons. The SMILES string of the molecule is C=C(C)/C(=C/C1=CC=C(c2ccc(C)c(C(=C)CCCCC)c2)C1)C(=C)Cc1cccc(C(=C)CC)c1.CC. The van der Waals surface area contributed by atoms with E-state index in [1.54, 1.807) is 0 Å². The summed E-state index contributed by atoms with van der Waals surface area (Å²) in [6.45, 7) is 30.0. The number of rotatable bonds is 13. The van der Waals surface area contributed by atoms with E-state index in [2.05, 4.69) is 115 Å². The van der Waals surface area contributed by atoms with E-state index < -0.39 is 0 Å². The monoisotopic (exact) mass is 518 g/mol. The number of aryl methyl sites for hydroxylation is 1. The van der Waals surface area contributed by atoms with Gasteiger partial charge >= 0.3 is 0 Å². The van der Waals surface area contributed by atoms with E-state index in [-0.39, 0.29) is 0 Å². The van der Waals surface area contributed by atoms with Gasteiger partial charge in [0.1, 0.15) is 0 Å². The van der Waals surface area contributed by atoms with Crippen molar-refractivity contribution in [2.45, 2.75) is 86.5 Å². The molecule has 0 saturated carbocycles. The zero-order valence-corrected chi connectivity index (χ0v) is 25.6. The van der Waals surface area contributed by atoms with E-state index in [9.17, 15) is 0 Å². The Hall–Kier alpha value is -3.38. The first kappa shape index (κ1) is 31.8. The summed E-state index contributed by atoms with van der Waals surface area (Å²) in [6.07, 6.45) is 14.2. The van der Waals surface area contributed by atoms with Crippen molar-refractivity contribution >= 4 is 16.7 Å². The Kier molecular flexibility index (Phi) is 13.0. The van der Waals surface area contributed by atoms with E-state index in [0.29, 0.717) is 0 Å². The van der Waals surface area contributed by atoms with Crippen molar-refractivity contribution in [2.75, 3.05) is 0 Å². The Morgan fingerprint density at radius 1 is 0.897 bits per heavy atom. The van der Waals surface area contributed by atoms with Crippen molar-refractivity contribution in [1.82, 2.24) is 0 Å². The Labute approximate surface area is 240 Å². The molecule has 0 unspecified atom stereocenters. The summed E-state index contributed by atoms with van der Waals surface area (Å²) in [7, 11) is 0. The number of hydrogen-bond donors (Lipinski definition) is 0. The van der Waals surface area contributed by atoms with Gasteiger partial charge < -0.3 is 0 Å². The van der Waals surface area contributed by atoms with E-state index in [1.807, 2.05) is 13.8 Å². The fourth-order valence-corrected chi connectivity index (χ4v) is 4.93. The van der Waals surface area contributed by atoms with Crippen LogP contribution in [0.4, 0.5) is 0 Å². The number of unbranched alkanes of at least 4 members (excludes halogenated alkanes) is 2. The first-order chi connectivity index (χ1) is 18.7. The molecule has 0 bridgehead atoms. The molecule has 3 rings (SSSR count). The molecule has 2 aromatic rings. The maximum absolute atomic E-state index is 4.45.